The van der Waals surface area contributed by atoms with Gasteiger partial charge in [0.15, 0.2) is 0 Å². The van der Waals surface area contributed by atoms with Crippen molar-refractivity contribution in [1.82, 2.24) is 5.32 Å². The van der Waals surface area contributed by atoms with Crippen LogP contribution in [-0.4, -0.2) is 19.1 Å². The Morgan fingerprint density at radius 2 is 2.00 bits per heavy atom. The molecule has 0 aliphatic rings. The Balaban J connectivity index is 2.08. The van der Waals surface area contributed by atoms with Gasteiger partial charge in [-0.25, -0.2) is 4.39 Å². The monoisotopic (exact) mass is 253 g/mol. The molecule has 0 atom stereocenters. The summed E-state index contributed by atoms with van der Waals surface area (Å²) >= 11 is 0. The number of carbonyl (C=O) groups excluding carboxylic acids is 1. The zero-order valence-electron chi connectivity index (χ0n) is 10.9. The second kappa shape index (κ2) is 7.82. The predicted octanol–water partition coefficient (Wildman–Crippen LogP) is 2.50. The summed E-state index contributed by atoms with van der Waals surface area (Å²) in [5.41, 5.74) is 1.00. The van der Waals surface area contributed by atoms with Crippen LogP contribution in [0, 0.1) is 11.7 Å². The number of nitrogens with one attached hydrogen (secondary N) is 1. The molecule has 0 bridgehead atoms. The van der Waals surface area contributed by atoms with E-state index in [1.807, 2.05) is 13.8 Å². The molecular formula is C14H20FNO2. The van der Waals surface area contributed by atoms with Crippen LogP contribution in [-0.2, 0) is 16.1 Å². The van der Waals surface area contributed by atoms with Crippen LogP contribution < -0.4 is 5.32 Å². The van der Waals surface area contributed by atoms with Gasteiger partial charge in [-0.3, -0.25) is 4.79 Å². The lowest BCUT2D eigenvalue weighted by Crippen LogP contribution is -2.21. The third kappa shape index (κ3) is 6.35. The molecule has 0 heterocycles. The number of hydrogen-bond acceptors (Lipinski definition) is 3. The van der Waals surface area contributed by atoms with E-state index >= 15 is 0 Å². The fraction of sp³-hybridized carbons (Fsp3) is 0.500. The van der Waals surface area contributed by atoms with Crippen LogP contribution in [0.3, 0.4) is 0 Å². The summed E-state index contributed by atoms with van der Waals surface area (Å²) in [6, 6.07) is 6.32. The Morgan fingerprint density at radius 3 is 2.61 bits per heavy atom. The summed E-state index contributed by atoms with van der Waals surface area (Å²) in [6.07, 6.45) is 0.456. The Morgan fingerprint density at radius 1 is 1.33 bits per heavy atom. The van der Waals surface area contributed by atoms with Crippen LogP contribution in [0.25, 0.3) is 0 Å². The first-order valence-corrected chi connectivity index (χ1v) is 6.18. The summed E-state index contributed by atoms with van der Waals surface area (Å²) < 4.78 is 17.7. The normalized spacial score (nSPS) is 10.7. The first kappa shape index (κ1) is 14.6. The van der Waals surface area contributed by atoms with E-state index in [1.165, 1.54) is 12.1 Å². The molecule has 0 aromatic heterocycles. The van der Waals surface area contributed by atoms with Crippen LogP contribution in [0.1, 0.15) is 25.8 Å². The molecule has 18 heavy (non-hydrogen) atoms. The van der Waals surface area contributed by atoms with Gasteiger partial charge in [-0.15, -0.1) is 0 Å². The lowest BCUT2D eigenvalue weighted by molar-refractivity contribution is -0.144. The minimum atomic E-state index is -0.235. The van der Waals surface area contributed by atoms with E-state index in [0.717, 1.165) is 5.56 Å². The fourth-order valence-electron chi connectivity index (χ4n) is 1.46. The second-order valence-corrected chi connectivity index (χ2v) is 4.62. The number of esters is 1. The van der Waals surface area contributed by atoms with Gasteiger partial charge in [-0.1, -0.05) is 26.0 Å². The first-order valence-electron chi connectivity index (χ1n) is 6.18. The standard InChI is InChI=1S/C14H20FNO2/c1-11(2)9-14(17)18-8-7-16-10-12-3-5-13(15)6-4-12/h3-6,11,16H,7-10H2,1-2H3. The fourth-order valence-corrected chi connectivity index (χ4v) is 1.46. The minimum absolute atomic E-state index is 0.159. The van der Waals surface area contributed by atoms with E-state index in [-0.39, 0.29) is 11.8 Å². The van der Waals surface area contributed by atoms with Crippen molar-refractivity contribution in [2.45, 2.75) is 26.8 Å². The molecule has 100 valence electrons. The molecule has 0 radical (unpaired) electrons. The summed E-state index contributed by atoms with van der Waals surface area (Å²) in [7, 11) is 0. The van der Waals surface area contributed by atoms with Crippen LogP contribution >= 0.6 is 0 Å². The van der Waals surface area contributed by atoms with E-state index in [1.54, 1.807) is 12.1 Å². The van der Waals surface area contributed by atoms with E-state index in [2.05, 4.69) is 5.32 Å². The van der Waals surface area contributed by atoms with Gasteiger partial charge in [0, 0.05) is 19.5 Å². The molecule has 0 amide bonds. The highest BCUT2D eigenvalue weighted by Gasteiger charge is 2.05. The molecule has 0 aliphatic carbocycles. The Bertz CT molecular complexity index is 363. The number of halogens is 1. The highest BCUT2D eigenvalue weighted by molar-refractivity contribution is 5.69. The maximum Gasteiger partial charge on any atom is 0.306 e. The number of ether oxygens (including phenoxy) is 1. The molecule has 4 heteroatoms. The van der Waals surface area contributed by atoms with Gasteiger partial charge in [0.25, 0.3) is 0 Å². The van der Waals surface area contributed by atoms with Crippen molar-refractivity contribution >= 4 is 5.97 Å². The van der Waals surface area contributed by atoms with Crippen molar-refractivity contribution in [3.8, 4) is 0 Å². The number of rotatable bonds is 7. The van der Waals surface area contributed by atoms with Gasteiger partial charge in [0.1, 0.15) is 12.4 Å². The van der Waals surface area contributed by atoms with E-state index in [9.17, 15) is 9.18 Å². The van der Waals surface area contributed by atoms with Gasteiger partial charge in [0.05, 0.1) is 0 Å². The molecule has 3 nitrogen and oxygen atoms in total. The Kier molecular flexibility index (Phi) is 6.36. The molecule has 0 saturated carbocycles. The molecule has 1 aromatic carbocycles. The lowest BCUT2D eigenvalue weighted by Gasteiger charge is -2.07. The number of benzene rings is 1. The summed E-state index contributed by atoms with van der Waals surface area (Å²) in [5.74, 6) is -0.0698. The average Bonchev–Trinajstić information content (AvgIpc) is 2.30. The zero-order valence-corrected chi connectivity index (χ0v) is 10.9. The molecule has 0 aliphatic heterocycles. The molecule has 0 saturated heterocycles. The van der Waals surface area contributed by atoms with Gasteiger partial charge in [0.2, 0.25) is 0 Å². The molecule has 1 rings (SSSR count). The van der Waals surface area contributed by atoms with Crippen molar-refractivity contribution in [2.75, 3.05) is 13.2 Å². The summed E-state index contributed by atoms with van der Waals surface area (Å²) in [6.45, 7) is 5.57. The second-order valence-electron chi connectivity index (χ2n) is 4.62. The zero-order chi connectivity index (χ0) is 13.4. The molecule has 0 spiro atoms. The third-order valence-electron chi connectivity index (χ3n) is 2.36. The first-order chi connectivity index (χ1) is 8.58. The van der Waals surface area contributed by atoms with Crippen molar-refractivity contribution in [1.29, 1.82) is 0 Å². The maximum atomic E-state index is 12.6. The van der Waals surface area contributed by atoms with Crippen LogP contribution in [0.2, 0.25) is 0 Å². The smallest absolute Gasteiger partial charge is 0.306 e. The molecular weight excluding hydrogens is 233 g/mol. The van der Waals surface area contributed by atoms with Crippen LogP contribution in [0.4, 0.5) is 4.39 Å². The quantitative estimate of drug-likeness (QED) is 0.599. The third-order valence-corrected chi connectivity index (χ3v) is 2.36. The van der Waals surface area contributed by atoms with Crippen molar-refractivity contribution in [3.63, 3.8) is 0 Å². The van der Waals surface area contributed by atoms with Crippen LogP contribution in [0.5, 0.6) is 0 Å². The predicted molar refractivity (Wildman–Crippen MR) is 68.5 cm³/mol. The van der Waals surface area contributed by atoms with E-state index in [0.29, 0.717) is 32.0 Å². The van der Waals surface area contributed by atoms with Crippen LogP contribution in [0.15, 0.2) is 24.3 Å². The van der Waals surface area contributed by atoms with E-state index in [4.69, 9.17) is 4.74 Å². The molecule has 0 fully saturated rings. The summed E-state index contributed by atoms with van der Waals surface area (Å²) in [5, 5.41) is 3.13. The molecule has 1 N–H and O–H groups in total. The maximum absolute atomic E-state index is 12.6. The van der Waals surface area contributed by atoms with Gasteiger partial charge in [-0.05, 0) is 23.6 Å². The van der Waals surface area contributed by atoms with E-state index < -0.39 is 0 Å². The highest BCUT2D eigenvalue weighted by Crippen LogP contribution is 2.02. The molecule has 1 aromatic rings. The Hall–Kier alpha value is -1.42. The van der Waals surface area contributed by atoms with Gasteiger partial charge >= 0.3 is 5.97 Å². The Labute approximate surface area is 107 Å². The largest absolute Gasteiger partial charge is 0.464 e. The van der Waals surface area contributed by atoms with Crippen molar-refractivity contribution in [3.05, 3.63) is 35.6 Å². The topological polar surface area (TPSA) is 38.3 Å². The SMILES string of the molecule is CC(C)CC(=O)OCCNCc1ccc(F)cc1. The van der Waals surface area contributed by atoms with Gasteiger partial charge in [-0.2, -0.15) is 0 Å². The number of hydrogen-bond donors (Lipinski definition) is 1. The number of carbonyl (C=O) groups is 1. The average molecular weight is 253 g/mol. The highest BCUT2D eigenvalue weighted by atomic mass is 19.1. The van der Waals surface area contributed by atoms with Crippen molar-refractivity contribution in [2.24, 2.45) is 5.92 Å². The lowest BCUT2D eigenvalue weighted by atomic mass is 10.1. The summed E-state index contributed by atoms with van der Waals surface area (Å²) in [4.78, 5) is 11.2. The minimum Gasteiger partial charge on any atom is -0.464 e. The van der Waals surface area contributed by atoms with Gasteiger partial charge < -0.3 is 10.1 Å². The van der Waals surface area contributed by atoms with Crippen molar-refractivity contribution < 1.29 is 13.9 Å². The molecule has 0 unspecified atom stereocenters.